The van der Waals surface area contributed by atoms with E-state index in [1.807, 2.05) is 18.2 Å². The van der Waals surface area contributed by atoms with Crippen molar-refractivity contribution in [3.63, 3.8) is 0 Å². The molecule has 2 N–H and O–H groups in total. The van der Waals surface area contributed by atoms with E-state index in [1.165, 1.54) is 6.42 Å². The average Bonchev–Trinajstić information content (AvgIpc) is 3.24. The summed E-state index contributed by atoms with van der Waals surface area (Å²) in [7, 11) is 2.09. The van der Waals surface area contributed by atoms with Crippen molar-refractivity contribution in [1.29, 1.82) is 0 Å². The van der Waals surface area contributed by atoms with Crippen LogP contribution in [0.15, 0.2) is 18.2 Å². The number of nitrogens with zero attached hydrogens (tertiary/aromatic N) is 2. The van der Waals surface area contributed by atoms with E-state index in [0.29, 0.717) is 25.4 Å². The number of amides is 3. The maximum atomic E-state index is 13.1. The minimum atomic E-state index is -0.558. The Hall–Kier alpha value is -2.25. The molecule has 7 heteroatoms. The Morgan fingerprint density at radius 1 is 1.22 bits per heavy atom. The van der Waals surface area contributed by atoms with E-state index in [2.05, 4.69) is 22.6 Å². The van der Waals surface area contributed by atoms with Crippen LogP contribution < -0.4 is 10.6 Å². The summed E-state index contributed by atoms with van der Waals surface area (Å²) in [5.41, 5.74) is 2.72. The molecule has 7 nitrogen and oxygen atoms in total. The van der Waals surface area contributed by atoms with Crippen LogP contribution in [0.3, 0.4) is 0 Å². The highest BCUT2D eigenvalue weighted by molar-refractivity contribution is 6.05. The Bertz CT molecular complexity index is 772. The number of nitrogens with one attached hydrogen (secondary N) is 2. The van der Waals surface area contributed by atoms with Gasteiger partial charge in [0, 0.05) is 31.6 Å². The second-order valence-electron chi connectivity index (χ2n) is 7.91. The number of hydrogen-bond acceptors (Lipinski definition) is 5. The first-order chi connectivity index (χ1) is 13.0. The van der Waals surface area contributed by atoms with Gasteiger partial charge in [-0.05, 0) is 50.0 Å². The monoisotopic (exact) mass is 370 g/mol. The molecule has 0 saturated carbocycles. The largest absolute Gasteiger partial charge is 0.322 e. The Morgan fingerprint density at radius 3 is 2.81 bits per heavy atom. The topological polar surface area (TPSA) is 81.8 Å². The van der Waals surface area contributed by atoms with Gasteiger partial charge in [0.25, 0.3) is 5.91 Å². The smallest absolute Gasteiger partial charge is 0.255 e. The molecule has 27 heavy (non-hydrogen) atoms. The third kappa shape index (κ3) is 3.61. The second kappa shape index (κ2) is 7.40. The molecule has 3 aliphatic heterocycles. The van der Waals surface area contributed by atoms with Crippen LogP contribution >= 0.6 is 0 Å². The highest BCUT2D eigenvalue weighted by Gasteiger charge is 2.40. The first kappa shape index (κ1) is 18.1. The van der Waals surface area contributed by atoms with E-state index in [4.69, 9.17) is 0 Å². The van der Waals surface area contributed by atoms with Crippen LogP contribution in [0.25, 0.3) is 0 Å². The van der Waals surface area contributed by atoms with Crippen LogP contribution in [0.4, 0.5) is 0 Å². The lowest BCUT2D eigenvalue weighted by molar-refractivity contribution is -0.136. The quantitative estimate of drug-likeness (QED) is 0.738. The van der Waals surface area contributed by atoms with E-state index in [0.717, 1.165) is 36.3 Å². The fourth-order valence-electron chi connectivity index (χ4n) is 4.49. The Balaban J connectivity index is 1.49. The van der Waals surface area contributed by atoms with E-state index >= 15 is 0 Å². The van der Waals surface area contributed by atoms with Gasteiger partial charge in [0.2, 0.25) is 11.8 Å². The molecule has 2 fully saturated rings. The van der Waals surface area contributed by atoms with Crippen molar-refractivity contribution in [3.05, 3.63) is 34.9 Å². The average molecular weight is 370 g/mol. The molecular formula is C20H26N4O3. The highest BCUT2D eigenvalue weighted by Crippen LogP contribution is 2.30. The Kier molecular flexibility index (Phi) is 4.97. The minimum Gasteiger partial charge on any atom is -0.322 e. The molecule has 2 atom stereocenters. The molecular weight excluding hydrogens is 344 g/mol. The molecule has 0 aliphatic carbocycles. The van der Waals surface area contributed by atoms with Gasteiger partial charge >= 0.3 is 0 Å². The normalized spacial score (nSPS) is 25.3. The number of fused-ring (bicyclic) bond motifs is 1. The van der Waals surface area contributed by atoms with Gasteiger partial charge in [-0.25, -0.2) is 0 Å². The Morgan fingerprint density at radius 2 is 2.07 bits per heavy atom. The molecule has 3 heterocycles. The lowest BCUT2D eigenvalue weighted by Crippen LogP contribution is -2.52. The summed E-state index contributed by atoms with van der Waals surface area (Å²) in [6.45, 7) is 4.29. The van der Waals surface area contributed by atoms with Gasteiger partial charge in [-0.1, -0.05) is 18.2 Å². The number of benzene rings is 1. The van der Waals surface area contributed by atoms with Crippen molar-refractivity contribution >= 4 is 17.7 Å². The zero-order valence-electron chi connectivity index (χ0n) is 15.7. The van der Waals surface area contributed by atoms with E-state index < -0.39 is 6.04 Å². The summed E-state index contributed by atoms with van der Waals surface area (Å²) in [6, 6.07) is 5.40. The Labute approximate surface area is 159 Å². The minimum absolute atomic E-state index is 0.0916. The number of imide groups is 1. The van der Waals surface area contributed by atoms with Crippen molar-refractivity contribution in [3.8, 4) is 0 Å². The molecule has 0 spiro atoms. The van der Waals surface area contributed by atoms with Crippen LogP contribution in [0.1, 0.15) is 40.7 Å². The molecule has 1 aromatic carbocycles. The SMILES string of the molecule is CN(Cc1cccc2c1C(=O)N(C1CCC(=O)NC1=O)C2)CC1CCNC1. The van der Waals surface area contributed by atoms with Crippen LogP contribution in [-0.2, 0) is 22.7 Å². The molecule has 1 aromatic rings. The lowest BCUT2D eigenvalue weighted by atomic mass is 10.0. The van der Waals surface area contributed by atoms with Gasteiger partial charge < -0.3 is 15.1 Å². The number of hydrogen-bond donors (Lipinski definition) is 2. The van der Waals surface area contributed by atoms with Gasteiger partial charge in [-0.15, -0.1) is 0 Å². The van der Waals surface area contributed by atoms with E-state index in [9.17, 15) is 14.4 Å². The first-order valence-corrected chi connectivity index (χ1v) is 9.67. The molecule has 0 bridgehead atoms. The second-order valence-corrected chi connectivity index (χ2v) is 7.91. The number of rotatable bonds is 5. The molecule has 144 valence electrons. The maximum absolute atomic E-state index is 13.1. The summed E-state index contributed by atoms with van der Waals surface area (Å²) in [4.78, 5) is 40.6. The first-order valence-electron chi connectivity index (χ1n) is 9.67. The predicted molar refractivity (Wildman–Crippen MR) is 99.8 cm³/mol. The highest BCUT2D eigenvalue weighted by atomic mass is 16.2. The van der Waals surface area contributed by atoms with E-state index in [1.54, 1.807) is 4.90 Å². The van der Waals surface area contributed by atoms with Crippen molar-refractivity contribution < 1.29 is 14.4 Å². The summed E-state index contributed by atoms with van der Waals surface area (Å²) in [5.74, 6) is -0.0580. The molecule has 2 saturated heterocycles. The van der Waals surface area contributed by atoms with Gasteiger partial charge in [0.05, 0.1) is 0 Å². The molecule has 3 amide bonds. The van der Waals surface area contributed by atoms with Crippen molar-refractivity contribution in [1.82, 2.24) is 20.4 Å². The molecule has 4 rings (SSSR count). The number of piperidine rings is 1. The fraction of sp³-hybridized carbons (Fsp3) is 0.550. The molecule has 3 aliphatic rings. The van der Waals surface area contributed by atoms with Crippen LogP contribution in [0.2, 0.25) is 0 Å². The van der Waals surface area contributed by atoms with Gasteiger partial charge in [0.15, 0.2) is 0 Å². The van der Waals surface area contributed by atoms with Gasteiger partial charge in [0.1, 0.15) is 6.04 Å². The summed E-state index contributed by atoms with van der Waals surface area (Å²) >= 11 is 0. The van der Waals surface area contributed by atoms with Crippen molar-refractivity contribution in [2.24, 2.45) is 5.92 Å². The fourth-order valence-corrected chi connectivity index (χ4v) is 4.49. The van der Waals surface area contributed by atoms with E-state index in [-0.39, 0.29) is 24.1 Å². The van der Waals surface area contributed by atoms with Gasteiger partial charge in [-0.2, -0.15) is 0 Å². The third-order valence-corrected chi connectivity index (χ3v) is 5.81. The van der Waals surface area contributed by atoms with Crippen molar-refractivity contribution in [2.45, 2.75) is 38.4 Å². The van der Waals surface area contributed by atoms with Crippen LogP contribution in [0, 0.1) is 5.92 Å². The predicted octanol–water partition coefficient (Wildman–Crippen LogP) is 0.489. The summed E-state index contributed by atoms with van der Waals surface area (Å²) in [5, 5.41) is 5.75. The molecule has 0 radical (unpaired) electrons. The number of carbonyl (C=O) groups is 3. The van der Waals surface area contributed by atoms with Crippen LogP contribution in [0.5, 0.6) is 0 Å². The zero-order valence-corrected chi connectivity index (χ0v) is 15.7. The third-order valence-electron chi connectivity index (χ3n) is 5.81. The van der Waals surface area contributed by atoms with Crippen molar-refractivity contribution in [2.75, 3.05) is 26.7 Å². The lowest BCUT2D eigenvalue weighted by Gasteiger charge is -2.29. The van der Waals surface area contributed by atoms with Crippen LogP contribution in [-0.4, -0.2) is 60.2 Å². The van der Waals surface area contributed by atoms with Gasteiger partial charge in [-0.3, -0.25) is 19.7 Å². The molecule has 2 unspecified atom stereocenters. The summed E-state index contributed by atoms with van der Waals surface area (Å²) in [6.07, 6.45) is 1.87. The zero-order chi connectivity index (χ0) is 19.0. The maximum Gasteiger partial charge on any atom is 0.255 e. The summed E-state index contributed by atoms with van der Waals surface area (Å²) < 4.78 is 0. The molecule has 0 aromatic heterocycles. The number of carbonyl (C=O) groups excluding carboxylic acids is 3. The standard InChI is InChI=1S/C20H26N4O3/c1-23(10-13-7-8-21-9-13)11-14-3-2-4-15-12-24(20(27)18(14)15)16-5-6-17(25)22-19(16)26/h2-4,13,16,21H,5-12H2,1H3,(H,22,25,26).